The molecule has 0 bridgehead atoms. The van der Waals surface area contributed by atoms with Crippen molar-refractivity contribution in [3.05, 3.63) is 12.7 Å². The summed E-state index contributed by atoms with van der Waals surface area (Å²) in [5.41, 5.74) is 3.46. The van der Waals surface area contributed by atoms with Gasteiger partial charge in [0.25, 0.3) is 0 Å². The molecule has 0 N–H and O–H groups in total. The summed E-state index contributed by atoms with van der Waals surface area (Å²) < 4.78 is 0. The third-order valence-corrected chi connectivity index (χ3v) is 3.74. The monoisotopic (exact) mass is 237 g/mol. The average Bonchev–Trinajstić information content (AvgIpc) is 2.09. The molecule has 16 heavy (non-hydrogen) atoms. The molecule has 0 aliphatic rings. The highest BCUT2D eigenvalue weighted by atomic mass is 28.3. The molecule has 0 fully saturated rings. The fraction of sp³-hybridized carbons (Fsp3) is 0.714. The molecule has 1 nitrogen and oxygen atoms in total. The molecule has 0 amide bonds. The van der Waals surface area contributed by atoms with E-state index in [1.54, 1.807) is 0 Å². The van der Waals surface area contributed by atoms with E-state index in [9.17, 15) is 0 Å². The van der Waals surface area contributed by atoms with Crippen LogP contribution in [0.1, 0.15) is 20.3 Å². The summed E-state index contributed by atoms with van der Waals surface area (Å²) >= 11 is 0. The minimum atomic E-state index is -1.31. The van der Waals surface area contributed by atoms with Crippen LogP contribution in [0.5, 0.6) is 0 Å². The van der Waals surface area contributed by atoms with Crippen LogP contribution >= 0.6 is 0 Å². The van der Waals surface area contributed by atoms with Gasteiger partial charge in [0, 0.05) is 0 Å². The number of rotatable bonds is 4. The second kappa shape index (κ2) is 5.70. The molecule has 0 aromatic rings. The fourth-order valence-electron chi connectivity index (χ4n) is 1.76. The Kier molecular flexibility index (Phi) is 5.51. The van der Waals surface area contributed by atoms with E-state index in [-0.39, 0.29) is 5.54 Å². The summed E-state index contributed by atoms with van der Waals surface area (Å²) in [6.07, 6.45) is 2.91. The van der Waals surface area contributed by atoms with E-state index in [0.717, 1.165) is 6.42 Å². The van der Waals surface area contributed by atoms with Crippen molar-refractivity contribution in [1.29, 1.82) is 0 Å². The first-order valence-corrected chi connectivity index (χ1v) is 9.48. The Morgan fingerprint density at radius 1 is 1.31 bits per heavy atom. The summed E-state index contributed by atoms with van der Waals surface area (Å²) in [5, 5.41) is 0. The second-order valence-corrected chi connectivity index (χ2v) is 10.7. The Hall–Kier alpha value is -0.523. The lowest BCUT2D eigenvalue weighted by molar-refractivity contribution is 0.160. The van der Waals surface area contributed by atoms with Gasteiger partial charge in [0.2, 0.25) is 0 Å². The predicted octanol–water partition coefficient (Wildman–Crippen LogP) is 3.40. The zero-order valence-corrected chi connectivity index (χ0v) is 13.0. The molecule has 0 heterocycles. The molecule has 0 aliphatic heterocycles. The highest BCUT2D eigenvalue weighted by Gasteiger charge is 2.33. The molecule has 1 atom stereocenters. The third kappa shape index (κ3) is 4.15. The second-order valence-electron chi connectivity index (χ2n) is 5.97. The summed E-state index contributed by atoms with van der Waals surface area (Å²) in [6.45, 7) is 15.2. The molecule has 1 unspecified atom stereocenters. The Morgan fingerprint density at radius 3 is 2.06 bits per heavy atom. The standard InChI is InChI=1S/C14H27NSi/c1-9-10-14(13(2)3,15(4)5)11-12-16(6,7)8/h9,13H,1,10H2,2-8H3. The molecule has 0 aromatic carbocycles. The first-order valence-electron chi connectivity index (χ1n) is 5.98. The van der Waals surface area contributed by atoms with Crippen LogP contribution in [0.2, 0.25) is 19.6 Å². The smallest absolute Gasteiger partial charge is 0.129 e. The van der Waals surface area contributed by atoms with Crippen molar-refractivity contribution >= 4 is 8.07 Å². The number of hydrogen-bond donors (Lipinski definition) is 0. The van der Waals surface area contributed by atoms with Gasteiger partial charge in [0.1, 0.15) is 8.07 Å². The normalized spacial score (nSPS) is 15.6. The van der Waals surface area contributed by atoms with Crippen LogP contribution < -0.4 is 0 Å². The van der Waals surface area contributed by atoms with Crippen molar-refractivity contribution in [1.82, 2.24) is 4.90 Å². The topological polar surface area (TPSA) is 3.24 Å². The van der Waals surface area contributed by atoms with E-state index in [1.165, 1.54) is 0 Å². The molecule has 0 saturated heterocycles. The Labute approximate surface area is 103 Å². The van der Waals surface area contributed by atoms with Crippen molar-refractivity contribution in [3.8, 4) is 11.5 Å². The van der Waals surface area contributed by atoms with Crippen molar-refractivity contribution in [2.24, 2.45) is 5.92 Å². The van der Waals surface area contributed by atoms with Gasteiger partial charge in [-0.1, -0.05) is 45.5 Å². The average molecular weight is 237 g/mol. The SMILES string of the molecule is C=CCC(C#C[Si](C)(C)C)(C(C)C)N(C)C. The predicted molar refractivity (Wildman–Crippen MR) is 77.2 cm³/mol. The van der Waals surface area contributed by atoms with Crippen molar-refractivity contribution in [3.63, 3.8) is 0 Å². The molecular formula is C14H27NSi. The molecule has 92 valence electrons. The van der Waals surface area contributed by atoms with E-state index in [1.807, 2.05) is 6.08 Å². The van der Waals surface area contributed by atoms with E-state index in [4.69, 9.17) is 0 Å². The minimum absolute atomic E-state index is 0.0535. The zero-order valence-electron chi connectivity index (χ0n) is 12.0. The van der Waals surface area contributed by atoms with Crippen LogP contribution in [0, 0.1) is 17.4 Å². The Bertz CT molecular complexity index is 278. The fourth-order valence-corrected chi connectivity index (χ4v) is 2.35. The van der Waals surface area contributed by atoms with Crippen molar-refractivity contribution < 1.29 is 0 Å². The maximum Gasteiger partial charge on any atom is 0.129 e. The molecule has 0 rings (SSSR count). The van der Waals surface area contributed by atoms with Crippen LogP contribution in [-0.2, 0) is 0 Å². The van der Waals surface area contributed by atoms with Gasteiger partial charge < -0.3 is 0 Å². The van der Waals surface area contributed by atoms with Crippen LogP contribution in [0.15, 0.2) is 12.7 Å². The lowest BCUT2D eigenvalue weighted by Crippen LogP contribution is -2.47. The van der Waals surface area contributed by atoms with Gasteiger partial charge >= 0.3 is 0 Å². The summed E-state index contributed by atoms with van der Waals surface area (Å²) in [7, 11) is 2.92. The van der Waals surface area contributed by atoms with Gasteiger partial charge in [-0.15, -0.1) is 12.1 Å². The van der Waals surface area contributed by atoms with E-state index >= 15 is 0 Å². The molecule has 2 heteroatoms. The van der Waals surface area contributed by atoms with Gasteiger partial charge in [-0.25, -0.2) is 0 Å². The number of nitrogens with zero attached hydrogens (tertiary/aromatic N) is 1. The van der Waals surface area contributed by atoms with Crippen LogP contribution in [0.25, 0.3) is 0 Å². The maximum absolute atomic E-state index is 3.87. The van der Waals surface area contributed by atoms with Gasteiger partial charge in [-0.2, -0.15) is 0 Å². The largest absolute Gasteiger partial charge is 0.293 e. The van der Waals surface area contributed by atoms with Crippen LogP contribution in [0.3, 0.4) is 0 Å². The van der Waals surface area contributed by atoms with Crippen molar-refractivity contribution in [2.45, 2.75) is 45.4 Å². The van der Waals surface area contributed by atoms with Crippen LogP contribution in [-0.4, -0.2) is 32.6 Å². The van der Waals surface area contributed by atoms with Gasteiger partial charge in [-0.3, -0.25) is 4.90 Å². The molecular weight excluding hydrogens is 210 g/mol. The van der Waals surface area contributed by atoms with Gasteiger partial charge in [0.15, 0.2) is 0 Å². The van der Waals surface area contributed by atoms with Gasteiger partial charge in [0.05, 0.1) is 5.54 Å². The molecule has 0 saturated carbocycles. The summed E-state index contributed by atoms with van der Waals surface area (Å²) in [4.78, 5) is 2.24. The lowest BCUT2D eigenvalue weighted by atomic mass is 9.83. The lowest BCUT2D eigenvalue weighted by Gasteiger charge is -2.38. The minimum Gasteiger partial charge on any atom is -0.293 e. The van der Waals surface area contributed by atoms with Gasteiger partial charge in [-0.05, 0) is 26.4 Å². The van der Waals surface area contributed by atoms with E-state index in [0.29, 0.717) is 5.92 Å². The first-order chi connectivity index (χ1) is 7.15. The third-order valence-electron chi connectivity index (χ3n) is 2.86. The van der Waals surface area contributed by atoms with Crippen LogP contribution in [0.4, 0.5) is 0 Å². The Balaban J connectivity index is 5.33. The first kappa shape index (κ1) is 15.5. The summed E-state index contributed by atoms with van der Waals surface area (Å²) in [6, 6.07) is 0. The molecule has 0 radical (unpaired) electrons. The quantitative estimate of drug-likeness (QED) is 0.411. The van der Waals surface area contributed by atoms with E-state index < -0.39 is 8.07 Å². The summed E-state index contributed by atoms with van der Waals surface area (Å²) in [5.74, 6) is 4.04. The maximum atomic E-state index is 3.87. The highest BCUT2D eigenvalue weighted by Crippen LogP contribution is 2.26. The van der Waals surface area contributed by atoms with E-state index in [2.05, 4.69) is 70.5 Å². The highest BCUT2D eigenvalue weighted by molar-refractivity contribution is 6.83. The Morgan fingerprint density at radius 2 is 1.81 bits per heavy atom. The molecule has 0 aliphatic carbocycles. The molecule has 0 aromatic heterocycles. The zero-order chi connectivity index (χ0) is 13.0. The molecule has 0 spiro atoms. The number of hydrogen-bond acceptors (Lipinski definition) is 1. The van der Waals surface area contributed by atoms with Crippen molar-refractivity contribution in [2.75, 3.05) is 14.1 Å².